The van der Waals surface area contributed by atoms with Crippen molar-refractivity contribution in [1.82, 2.24) is 4.90 Å². The van der Waals surface area contributed by atoms with Gasteiger partial charge in [0.25, 0.3) is 5.91 Å². The van der Waals surface area contributed by atoms with Crippen LogP contribution in [0.5, 0.6) is 23.0 Å². The molecule has 0 aliphatic carbocycles. The summed E-state index contributed by atoms with van der Waals surface area (Å²) < 4.78 is 24.2. The van der Waals surface area contributed by atoms with Crippen LogP contribution in [-0.2, 0) is 10.7 Å². The highest BCUT2D eigenvalue weighted by Gasteiger charge is 2.35. The highest BCUT2D eigenvalue weighted by atomic mass is 35.5. The number of phenols is 1. The van der Waals surface area contributed by atoms with E-state index in [1.54, 1.807) is 11.0 Å². The second kappa shape index (κ2) is 10.6. The lowest BCUT2D eigenvalue weighted by atomic mass is 10.1. The fourth-order valence-corrected chi connectivity index (χ4v) is 4.33. The molecule has 8 nitrogen and oxygen atoms in total. The highest BCUT2D eigenvalue weighted by Crippen LogP contribution is 2.35. The van der Waals surface area contributed by atoms with Crippen molar-refractivity contribution >= 4 is 34.7 Å². The molecule has 0 aromatic heterocycles. The fourth-order valence-electron chi connectivity index (χ4n) is 3.46. The summed E-state index contributed by atoms with van der Waals surface area (Å²) in [5.41, 5.74) is 1.07. The number of allylic oxidation sites excluding steroid dienone is 2. The largest absolute Gasteiger partial charge is 0.507 e. The van der Waals surface area contributed by atoms with Crippen molar-refractivity contribution in [1.29, 1.82) is 4.78 Å². The van der Waals surface area contributed by atoms with Crippen LogP contribution in [0.4, 0.5) is 5.69 Å². The number of carbonyl (C=O) groups is 1. The van der Waals surface area contributed by atoms with Crippen molar-refractivity contribution in [3.8, 4) is 23.0 Å². The summed E-state index contributed by atoms with van der Waals surface area (Å²) >= 11 is 0. The number of likely N-dealkylation sites (tertiary alicyclic amines) is 1. The van der Waals surface area contributed by atoms with Gasteiger partial charge in [-0.3, -0.25) is 9.57 Å². The van der Waals surface area contributed by atoms with Crippen molar-refractivity contribution in [2.45, 2.75) is 6.10 Å². The molecule has 1 amide bonds. The van der Waals surface area contributed by atoms with E-state index in [1.807, 2.05) is 41.8 Å². The summed E-state index contributed by atoms with van der Waals surface area (Å²) in [5, 5.41) is 15.5. The summed E-state index contributed by atoms with van der Waals surface area (Å²) in [6, 6.07) is 10.6. The number of aromatic hydroxyl groups is 1. The number of ether oxygens (including phenoxy) is 3. The molecule has 0 bridgehead atoms. The summed E-state index contributed by atoms with van der Waals surface area (Å²) in [7, 11) is 2.39. The van der Waals surface area contributed by atoms with E-state index in [-0.39, 0.29) is 41.5 Å². The van der Waals surface area contributed by atoms with Crippen LogP contribution >= 0.6 is 12.4 Å². The molecule has 2 aliphatic heterocycles. The number of halogens is 1. The van der Waals surface area contributed by atoms with Gasteiger partial charge in [0, 0.05) is 29.3 Å². The molecule has 1 fully saturated rings. The zero-order valence-corrected chi connectivity index (χ0v) is 19.9. The fraction of sp³-hybridized carbons (Fsp3) is 0.261. The van der Waals surface area contributed by atoms with Gasteiger partial charge in [-0.1, -0.05) is 16.8 Å². The van der Waals surface area contributed by atoms with E-state index in [2.05, 4.69) is 5.32 Å². The first-order valence-electron chi connectivity index (χ1n) is 10.0. The zero-order chi connectivity index (χ0) is 22.7. The number of nitrogens with one attached hydrogen (secondary N) is 2. The third-order valence-electron chi connectivity index (χ3n) is 5.26. The predicted molar refractivity (Wildman–Crippen MR) is 131 cm³/mol. The molecule has 0 saturated carbocycles. The molecule has 33 heavy (non-hydrogen) atoms. The van der Waals surface area contributed by atoms with Gasteiger partial charge < -0.3 is 29.5 Å². The van der Waals surface area contributed by atoms with Gasteiger partial charge in [0.15, 0.2) is 0 Å². The van der Waals surface area contributed by atoms with E-state index in [4.69, 9.17) is 19.0 Å². The number of phenolic OH excluding ortho intramolecular Hbond substituents is 1. The van der Waals surface area contributed by atoms with Crippen LogP contribution in [0.3, 0.4) is 0 Å². The maximum atomic E-state index is 12.8. The van der Waals surface area contributed by atoms with E-state index in [0.29, 0.717) is 25.4 Å². The Labute approximate surface area is 201 Å². The van der Waals surface area contributed by atoms with E-state index in [9.17, 15) is 9.90 Å². The zero-order valence-electron chi connectivity index (χ0n) is 18.2. The Morgan fingerprint density at radius 1 is 1.18 bits per heavy atom. The molecule has 2 heterocycles. The minimum atomic E-state index is -0.536. The Hall–Kier alpha value is -3.17. The molecule has 4 rings (SSSR count). The summed E-state index contributed by atoms with van der Waals surface area (Å²) in [6.07, 6.45) is 3.78. The summed E-state index contributed by atoms with van der Waals surface area (Å²) in [6.45, 7) is 1.47. The molecule has 0 spiro atoms. The van der Waals surface area contributed by atoms with Gasteiger partial charge in [-0.05, 0) is 35.7 Å². The molecule has 1 atom stereocenters. The number of methoxy groups -OCH3 is 2. The second-order valence-electron chi connectivity index (χ2n) is 7.35. The summed E-state index contributed by atoms with van der Waals surface area (Å²) in [4.78, 5) is 15.5. The average Bonchev–Trinajstić information content (AvgIpc) is 3.18. The molecular weight excluding hydrogens is 466 g/mol. The highest BCUT2D eigenvalue weighted by molar-refractivity contribution is 7.93. The van der Waals surface area contributed by atoms with E-state index in [0.717, 1.165) is 16.3 Å². The number of benzene rings is 2. The smallest absolute Gasteiger partial charge is 0.261 e. The maximum Gasteiger partial charge on any atom is 0.261 e. The van der Waals surface area contributed by atoms with Gasteiger partial charge in [-0.25, -0.2) is 0 Å². The topological polar surface area (TPSA) is 104 Å². The van der Waals surface area contributed by atoms with Crippen molar-refractivity contribution in [2.75, 3.05) is 39.2 Å². The van der Waals surface area contributed by atoms with Crippen molar-refractivity contribution in [3.63, 3.8) is 0 Å². The van der Waals surface area contributed by atoms with Crippen LogP contribution in [0.1, 0.15) is 10.4 Å². The van der Waals surface area contributed by atoms with Gasteiger partial charge in [0.1, 0.15) is 34.7 Å². The molecule has 2 aliphatic rings. The number of hydrogen-bond donors (Lipinski definition) is 3. The molecule has 0 radical (unpaired) electrons. The Morgan fingerprint density at radius 2 is 1.91 bits per heavy atom. The monoisotopic (exact) mass is 491 g/mol. The minimum absolute atomic E-state index is 0. The Balaban J connectivity index is 0.00000306. The lowest BCUT2D eigenvalue weighted by Gasteiger charge is -2.39. The number of nitrogens with zero attached hydrogens (tertiary/aromatic N) is 1. The number of anilines is 1. The molecule has 1 saturated heterocycles. The van der Waals surface area contributed by atoms with E-state index in [1.165, 1.54) is 20.3 Å². The second-order valence-corrected chi connectivity index (χ2v) is 8.82. The standard InChI is InChI=1S/C23H25N3O5S.ClH/c1-29-17-10-20(27)22(21(11-17)30-2)23(28)26-13-18(14-26)31-16-7-5-15(6-8-16)25-12-19-4-3-9-32(19)24;/h3-11,18,24-25,27H,12-14H2,1-2H3;1H. The normalized spacial score (nSPS) is 17.0. The van der Waals surface area contributed by atoms with Crippen molar-refractivity contribution in [2.24, 2.45) is 0 Å². The van der Waals surface area contributed by atoms with Crippen LogP contribution in [0, 0.1) is 4.78 Å². The van der Waals surface area contributed by atoms with Gasteiger partial charge in [0.2, 0.25) is 0 Å². The number of amides is 1. The van der Waals surface area contributed by atoms with Crippen molar-refractivity contribution < 1.29 is 24.1 Å². The van der Waals surface area contributed by atoms with E-state index >= 15 is 0 Å². The Kier molecular flexibility index (Phi) is 7.88. The molecule has 2 aromatic carbocycles. The van der Waals surface area contributed by atoms with Crippen molar-refractivity contribution in [3.05, 3.63) is 64.4 Å². The first kappa shape index (κ1) is 24.5. The van der Waals surface area contributed by atoms with Crippen LogP contribution in [-0.4, -0.2) is 55.9 Å². The lowest BCUT2D eigenvalue weighted by molar-refractivity contribution is 0.0173. The number of carbonyl (C=O) groups excluding carboxylic acids is 1. The third kappa shape index (κ3) is 5.43. The van der Waals surface area contributed by atoms with Crippen LogP contribution < -0.4 is 19.5 Å². The molecule has 176 valence electrons. The summed E-state index contributed by atoms with van der Waals surface area (Å²) in [5.74, 6) is 0.904. The van der Waals surface area contributed by atoms with Gasteiger partial charge in [-0.2, -0.15) is 0 Å². The number of rotatable bonds is 8. The maximum absolute atomic E-state index is 12.8. The van der Waals surface area contributed by atoms with Gasteiger partial charge in [-0.15, -0.1) is 12.4 Å². The average molecular weight is 492 g/mol. The molecule has 2 aromatic rings. The van der Waals surface area contributed by atoms with Gasteiger partial charge in [0.05, 0.1) is 27.3 Å². The minimum Gasteiger partial charge on any atom is -0.507 e. The van der Waals surface area contributed by atoms with Gasteiger partial charge >= 0.3 is 0 Å². The SMILES string of the molecule is COc1cc(O)c(C(=O)N2CC(Oc3ccc(NCC4=CC=CS4=N)cc3)C2)c(OC)c1.Cl. The van der Waals surface area contributed by atoms with Crippen LogP contribution in [0.25, 0.3) is 0 Å². The molecule has 1 unspecified atom stereocenters. The Bertz CT molecular complexity index is 1100. The molecular formula is C23H26ClN3O5S. The lowest BCUT2D eigenvalue weighted by Crippen LogP contribution is -2.56. The first-order valence-corrected chi connectivity index (χ1v) is 11.3. The molecule has 10 heteroatoms. The van der Waals surface area contributed by atoms with Crippen LogP contribution in [0.2, 0.25) is 0 Å². The number of hydrogen-bond acceptors (Lipinski definition) is 7. The third-order valence-corrected chi connectivity index (χ3v) is 6.54. The first-order chi connectivity index (χ1) is 15.5. The quantitative estimate of drug-likeness (QED) is 0.516. The van der Waals surface area contributed by atoms with Crippen LogP contribution in [0.15, 0.2) is 58.9 Å². The van der Waals surface area contributed by atoms with E-state index < -0.39 is 10.7 Å². The Morgan fingerprint density at radius 3 is 2.52 bits per heavy atom. The molecule has 3 N–H and O–H groups in total. The predicted octanol–water partition coefficient (Wildman–Crippen LogP) is 3.94.